The quantitative estimate of drug-likeness (QED) is 0.300. The lowest BCUT2D eigenvalue weighted by Crippen LogP contribution is -2.29. The highest BCUT2D eigenvalue weighted by Crippen LogP contribution is 2.42. The van der Waals surface area contributed by atoms with Gasteiger partial charge in [0.2, 0.25) is 0 Å². The first-order valence-electron chi connectivity index (χ1n) is 9.91. The number of carbonyl (C=O) groups is 2. The number of aromatic nitrogens is 1. The second kappa shape index (κ2) is 7.54. The predicted octanol–water partition coefficient (Wildman–Crippen LogP) is 4.86. The highest BCUT2D eigenvalue weighted by atomic mass is 16.3. The Balaban J connectivity index is 1.78. The number of hydrogen-bond acceptors (Lipinski definition) is 4. The zero-order valence-electron chi connectivity index (χ0n) is 16.5. The third-order valence-electron chi connectivity index (χ3n) is 5.52. The van der Waals surface area contributed by atoms with E-state index in [9.17, 15) is 14.7 Å². The van der Waals surface area contributed by atoms with Crippen LogP contribution in [0.5, 0.6) is 0 Å². The van der Waals surface area contributed by atoms with Gasteiger partial charge in [0, 0.05) is 23.6 Å². The molecule has 1 unspecified atom stereocenters. The predicted molar refractivity (Wildman–Crippen MR) is 119 cm³/mol. The molecule has 5 rings (SSSR count). The summed E-state index contributed by atoms with van der Waals surface area (Å²) in [6.07, 6.45) is 3.24. The number of fused-ring (bicyclic) bond motifs is 1. The molecule has 1 aromatic heterocycles. The number of pyridine rings is 1. The van der Waals surface area contributed by atoms with E-state index in [2.05, 4.69) is 4.98 Å². The van der Waals surface area contributed by atoms with Crippen LogP contribution in [0, 0.1) is 0 Å². The molecule has 0 spiro atoms. The molecule has 1 N–H and O–H groups in total. The molecule has 0 saturated carbocycles. The fourth-order valence-electron chi connectivity index (χ4n) is 4.12. The molecule has 1 aliphatic rings. The van der Waals surface area contributed by atoms with Crippen molar-refractivity contribution in [2.45, 2.75) is 6.04 Å². The van der Waals surface area contributed by atoms with Gasteiger partial charge in [0.15, 0.2) is 0 Å². The highest BCUT2D eigenvalue weighted by molar-refractivity contribution is 6.51. The van der Waals surface area contributed by atoms with E-state index < -0.39 is 17.7 Å². The van der Waals surface area contributed by atoms with Crippen LogP contribution >= 0.6 is 0 Å². The van der Waals surface area contributed by atoms with Gasteiger partial charge in [0.1, 0.15) is 5.76 Å². The van der Waals surface area contributed by atoms with Gasteiger partial charge in [-0.05, 0) is 34.5 Å². The number of carbonyl (C=O) groups excluding carboxylic acids is 2. The molecule has 0 aliphatic carbocycles. The van der Waals surface area contributed by atoms with E-state index in [1.165, 1.54) is 4.90 Å². The highest BCUT2D eigenvalue weighted by Gasteiger charge is 2.47. The van der Waals surface area contributed by atoms with Crippen LogP contribution in [0.4, 0.5) is 5.69 Å². The zero-order valence-corrected chi connectivity index (χ0v) is 16.5. The van der Waals surface area contributed by atoms with Gasteiger partial charge in [-0.1, -0.05) is 66.7 Å². The summed E-state index contributed by atoms with van der Waals surface area (Å²) in [4.78, 5) is 31.9. The summed E-state index contributed by atoms with van der Waals surface area (Å²) >= 11 is 0. The van der Waals surface area contributed by atoms with Gasteiger partial charge < -0.3 is 5.11 Å². The average molecular weight is 406 g/mol. The Bertz CT molecular complexity index is 1330. The number of hydrogen-bond donors (Lipinski definition) is 1. The number of amides is 1. The van der Waals surface area contributed by atoms with Crippen molar-refractivity contribution in [2.24, 2.45) is 0 Å². The van der Waals surface area contributed by atoms with Crippen molar-refractivity contribution in [1.82, 2.24) is 4.98 Å². The molecule has 1 amide bonds. The Morgan fingerprint density at radius 3 is 2.35 bits per heavy atom. The summed E-state index contributed by atoms with van der Waals surface area (Å²) in [5.74, 6) is -1.59. The third kappa shape index (κ3) is 3.07. The summed E-state index contributed by atoms with van der Waals surface area (Å²) in [7, 11) is 0. The summed E-state index contributed by atoms with van der Waals surface area (Å²) < 4.78 is 0. The number of anilines is 1. The van der Waals surface area contributed by atoms with Gasteiger partial charge in [-0.3, -0.25) is 19.5 Å². The number of para-hydroxylation sites is 1. The molecule has 4 aromatic rings. The Labute approximate surface area is 178 Å². The Hall–Kier alpha value is -4.25. The van der Waals surface area contributed by atoms with Crippen LogP contribution in [0.25, 0.3) is 16.5 Å². The number of ketones is 1. The molecule has 150 valence electrons. The molecule has 5 nitrogen and oxygen atoms in total. The van der Waals surface area contributed by atoms with Crippen LogP contribution in [-0.4, -0.2) is 21.8 Å². The maximum absolute atomic E-state index is 13.2. The minimum atomic E-state index is -0.782. The number of Topliss-reactive ketones (excluding diaryl/α,β-unsaturated/α-hetero) is 1. The van der Waals surface area contributed by atoms with Crippen molar-refractivity contribution >= 4 is 33.9 Å². The van der Waals surface area contributed by atoms with E-state index in [4.69, 9.17) is 0 Å². The smallest absolute Gasteiger partial charge is 0.300 e. The number of benzene rings is 3. The van der Waals surface area contributed by atoms with Gasteiger partial charge in [-0.15, -0.1) is 0 Å². The number of nitrogens with zero attached hydrogens (tertiary/aromatic N) is 2. The summed E-state index contributed by atoms with van der Waals surface area (Å²) in [6, 6.07) is 24.9. The van der Waals surface area contributed by atoms with Gasteiger partial charge in [0.25, 0.3) is 11.7 Å². The molecular formula is C26H18N2O3. The molecule has 1 fully saturated rings. The number of rotatable bonds is 3. The standard InChI is InChI=1S/C26H18N2O3/c29-24(21-14-6-9-17-8-4-5-13-20(17)21)22-23(18-10-7-15-27-16-18)28(26(31)25(22)30)19-11-2-1-3-12-19/h1-16,23,29H/b24-22-. The molecule has 5 heteroatoms. The Kier molecular flexibility index (Phi) is 4.56. The van der Waals surface area contributed by atoms with Gasteiger partial charge >= 0.3 is 0 Å². The fraction of sp³-hybridized carbons (Fsp3) is 0.0385. The van der Waals surface area contributed by atoms with Crippen LogP contribution in [0.3, 0.4) is 0 Å². The molecule has 1 saturated heterocycles. The van der Waals surface area contributed by atoms with E-state index in [0.29, 0.717) is 16.8 Å². The minimum Gasteiger partial charge on any atom is -0.507 e. The van der Waals surface area contributed by atoms with Crippen LogP contribution in [-0.2, 0) is 9.59 Å². The van der Waals surface area contributed by atoms with Crippen molar-refractivity contribution in [3.05, 3.63) is 114 Å². The molecular weight excluding hydrogens is 388 g/mol. The largest absolute Gasteiger partial charge is 0.507 e. The van der Waals surface area contributed by atoms with E-state index in [1.54, 1.807) is 54.9 Å². The van der Waals surface area contributed by atoms with Crippen LogP contribution in [0.2, 0.25) is 0 Å². The normalized spacial score (nSPS) is 17.9. The lowest BCUT2D eigenvalue weighted by atomic mass is 9.94. The van der Waals surface area contributed by atoms with Gasteiger partial charge in [0.05, 0.1) is 11.6 Å². The van der Waals surface area contributed by atoms with Crippen molar-refractivity contribution in [3.8, 4) is 0 Å². The maximum atomic E-state index is 13.2. The van der Waals surface area contributed by atoms with Gasteiger partial charge in [-0.25, -0.2) is 0 Å². The van der Waals surface area contributed by atoms with E-state index in [1.807, 2.05) is 42.5 Å². The molecule has 1 aliphatic heterocycles. The van der Waals surface area contributed by atoms with Crippen LogP contribution in [0.1, 0.15) is 17.2 Å². The zero-order chi connectivity index (χ0) is 21.4. The first-order chi connectivity index (χ1) is 15.2. The molecule has 1 atom stereocenters. The summed E-state index contributed by atoms with van der Waals surface area (Å²) in [5, 5.41) is 13.1. The lowest BCUT2D eigenvalue weighted by molar-refractivity contribution is -0.132. The van der Waals surface area contributed by atoms with Crippen molar-refractivity contribution in [1.29, 1.82) is 0 Å². The molecule has 0 radical (unpaired) electrons. The monoisotopic (exact) mass is 406 g/mol. The number of aliphatic hydroxyl groups excluding tert-OH is 1. The molecule has 0 bridgehead atoms. The SMILES string of the molecule is O=C1C(=O)N(c2ccccc2)C(c2cccnc2)/C1=C(/O)c1cccc2ccccc12. The maximum Gasteiger partial charge on any atom is 0.300 e. The Morgan fingerprint density at radius 1 is 0.839 bits per heavy atom. The van der Waals surface area contributed by atoms with E-state index >= 15 is 0 Å². The molecule has 2 heterocycles. The van der Waals surface area contributed by atoms with Crippen molar-refractivity contribution < 1.29 is 14.7 Å². The van der Waals surface area contributed by atoms with Crippen molar-refractivity contribution in [3.63, 3.8) is 0 Å². The second-order valence-electron chi connectivity index (χ2n) is 7.32. The fourth-order valence-corrected chi connectivity index (χ4v) is 4.12. The topological polar surface area (TPSA) is 70.5 Å². The average Bonchev–Trinajstić information content (AvgIpc) is 3.10. The first-order valence-corrected chi connectivity index (χ1v) is 9.91. The van der Waals surface area contributed by atoms with Crippen molar-refractivity contribution in [2.75, 3.05) is 4.90 Å². The molecule has 3 aromatic carbocycles. The number of aliphatic hydroxyl groups is 1. The first kappa shape index (κ1) is 18.8. The van der Waals surface area contributed by atoms with Crippen LogP contribution in [0.15, 0.2) is 103 Å². The Morgan fingerprint density at radius 2 is 1.58 bits per heavy atom. The minimum absolute atomic E-state index is 0.0539. The molecule has 31 heavy (non-hydrogen) atoms. The lowest BCUT2D eigenvalue weighted by Gasteiger charge is -2.25. The summed E-state index contributed by atoms with van der Waals surface area (Å²) in [5.41, 5.74) is 1.79. The third-order valence-corrected chi connectivity index (χ3v) is 5.52. The van der Waals surface area contributed by atoms with Gasteiger partial charge in [-0.2, -0.15) is 0 Å². The van der Waals surface area contributed by atoms with Crippen LogP contribution < -0.4 is 4.90 Å². The summed E-state index contributed by atoms with van der Waals surface area (Å²) in [6.45, 7) is 0. The van der Waals surface area contributed by atoms with E-state index in [-0.39, 0.29) is 11.3 Å². The second-order valence-corrected chi connectivity index (χ2v) is 7.32. The van der Waals surface area contributed by atoms with E-state index in [0.717, 1.165) is 10.8 Å².